The number of nitrogens with one attached hydrogen (secondary N) is 1. The maximum Gasteiger partial charge on any atom is 0.251 e. The maximum atomic E-state index is 12.2. The summed E-state index contributed by atoms with van der Waals surface area (Å²) >= 11 is 3.42. The topological polar surface area (TPSA) is 66.5 Å². The summed E-state index contributed by atoms with van der Waals surface area (Å²) in [5.74, 6) is -0.117. The minimum absolute atomic E-state index is 0.0237. The lowest BCUT2D eigenvalue weighted by Crippen LogP contribution is -2.46. The van der Waals surface area contributed by atoms with Crippen molar-refractivity contribution in [1.29, 1.82) is 0 Å². The van der Waals surface area contributed by atoms with E-state index in [0.717, 1.165) is 10.0 Å². The highest BCUT2D eigenvalue weighted by Gasteiger charge is 2.25. The Balaban J connectivity index is 1.94. The Labute approximate surface area is 133 Å². The molecule has 0 radical (unpaired) electrons. The number of amides is 1. The minimum atomic E-state index is -3.13. The number of benzene rings is 1. The van der Waals surface area contributed by atoms with Gasteiger partial charge in [-0.2, -0.15) is 0 Å². The van der Waals surface area contributed by atoms with Crippen LogP contribution in [-0.2, 0) is 10.0 Å². The van der Waals surface area contributed by atoms with Gasteiger partial charge in [0.15, 0.2) is 0 Å². The summed E-state index contributed by atoms with van der Waals surface area (Å²) < 4.78 is 25.2. The van der Waals surface area contributed by atoms with Crippen molar-refractivity contribution >= 4 is 31.9 Å². The van der Waals surface area contributed by atoms with Gasteiger partial charge in [-0.05, 0) is 37.5 Å². The van der Waals surface area contributed by atoms with Crippen LogP contribution in [0.25, 0.3) is 0 Å². The largest absolute Gasteiger partial charge is 0.349 e. The van der Waals surface area contributed by atoms with E-state index in [0.29, 0.717) is 31.5 Å². The van der Waals surface area contributed by atoms with Crippen molar-refractivity contribution < 1.29 is 13.2 Å². The molecule has 7 heteroatoms. The zero-order valence-electron chi connectivity index (χ0n) is 12.1. The third-order valence-electron chi connectivity index (χ3n) is 3.69. The summed E-state index contributed by atoms with van der Waals surface area (Å²) in [5, 5.41) is 2.97. The predicted molar refractivity (Wildman–Crippen MR) is 85.8 cm³/mol. The number of aryl methyl sites for hydroxylation is 1. The van der Waals surface area contributed by atoms with Crippen LogP contribution in [0.15, 0.2) is 22.7 Å². The molecular formula is C14H19BrN2O3S. The van der Waals surface area contributed by atoms with E-state index < -0.39 is 10.0 Å². The Morgan fingerprint density at radius 1 is 1.33 bits per heavy atom. The molecule has 0 aromatic heterocycles. The third kappa shape index (κ3) is 4.28. The number of rotatable bonds is 3. The molecule has 1 saturated heterocycles. The van der Waals surface area contributed by atoms with E-state index in [4.69, 9.17) is 0 Å². The number of sulfonamides is 1. The molecule has 1 heterocycles. The van der Waals surface area contributed by atoms with Crippen LogP contribution in [0, 0.1) is 6.92 Å². The zero-order chi connectivity index (χ0) is 15.6. The monoisotopic (exact) mass is 374 g/mol. The first-order valence-electron chi connectivity index (χ1n) is 6.79. The second-order valence-electron chi connectivity index (χ2n) is 5.37. The summed E-state index contributed by atoms with van der Waals surface area (Å²) in [6, 6.07) is 5.51. The molecule has 1 fully saturated rings. The molecule has 0 bridgehead atoms. The first-order chi connectivity index (χ1) is 9.77. The van der Waals surface area contributed by atoms with Crippen LogP contribution in [-0.4, -0.2) is 44.0 Å². The molecule has 1 aromatic rings. The van der Waals surface area contributed by atoms with E-state index in [9.17, 15) is 13.2 Å². The molecule has 0 spiro atoms. The Bertz CT molecular complexity index is 638. The van der Waals surface area contributed by atoms with Gasteiger partial charge in [-0.25, -0.2) is 12.7 Å². The highest BCUT2D eigenvalue weighted by Crippen LogP contribution is 2.18. The molecule has 0 unspecified atom stereocenters. The van der Waals surface area contributed by atoms with Crippen LogP contribution in [0.2, 0.25) is 0 Å². The number of carbonyl (C=O) groups is 1. The molecule has 1 aliphatic rings. The van der Waals surface area contributed by atoms with Gasteiger partial charge in [0.25, 0.3) is 5.91 Å². The van der Waals surface area contributed by atoms with Crippen LogP contribution in [0.3, 0.4) is 0 Å². The Morgan fingerprint density at radius 2 is 1.95 bits per heavy atom. The number of piperidine rings is 1. The summed E-state index contributed by atoms with van der Waals surface area (Å²) in [4.78, 5) is 12.2. The van der Waals surface area contributed by atoms with Crippen molar-refractivity contribution in [3.05, 3.63) is 33.8 Å². The van der Waals surface area contributed by atoms with E-state index in [1.54, 1.807) is 12.1 Å². The fraction of sp³-hybridized carbons (Fsp3) is 0.500. The first kappa shape index (κ1) is 16.5. The van der Waals surface area contributed by atoms with Gasteiger partial charge in [0.05, 0.1) is 6.26 Å². The predicted octanol–water partition coefficient (Wildman–Crippen LogP) is 1.91. The summed E-state index contributed by atoms with van der Waals surface area (Å²) in [5.41, 5.74) is 1.69. The minimum Gasteiger partial charge on any atom is -0.349 e. The summed E-state index contributed by atoms with van der Waals surface area (Å²) in [6.45, 7) is 2.88. The molecule has 0 atom stereocenters. The molecule has 0 aliphatic carbocycles. The van der Waals surface area contributed by atoms with Crippen LogP contribution >= 0.6 is 15.9 Å². The van der Waals surface area contributed by atoms with E-state index in [-0.39, 0.29) is 11.9 Å². The normalized spacial score (nSPS) is 17.7. The summed E-state index contributed by atoms with van der Waals surface area (Å²) in [7, 11) is -3.13. The molecule has 5 nitrogen and oxygen atoms in total. The van der Waals surface area contributed by atoms with Crippen LogP contribution in [0.1, 0.15) is 28.8 Å². The smallest absolute Gasteiger partial charge is 0.251 e. The fourth-order valence-corrected chi connectivity index (χ4v) is 3.59. The lowest BCUT2D eigenvalue weighted by molar-refractivity contribution is 0.0924. The van der Waals surface area contributed by atoms with Gasteiger partial charge >= 0.3 is 0 Å². The third-order valence-corrected chi connectivity index (χ3v) is 5.85. The SMILES string of the molecule is Cc1ccc(C(=O)NC2CCN(S(C)(=O)=O)CC2)cc1Br. The van der Waals surface area contributed by atoms with Crippen molar-refractivity contribution in [2.75, 3.05) is 19.3 Å². The molecule has 1 N–H and O–H groups in total. The number of nitrogens with zero attached hydrogens (tertiary/aromatic N) is 1. The van der Waals surface area contributed by atoms with Gasteiger partial charge in [0.1, 0.15) is 0 Å². The van der Waals surface area contributed by atoms with Gasteiger partial charge in [0.2, 0.25) is 10.0 Å². The van der Waals surface area contributed by atoms with Crippen LogP contribution in [0.4, 0.5) is 0 Å². The van der Waals surface area contributed by atoms with Crippen LogP contribution < -0.4 is 5.32 Å². The fourth-order valence-electron chi connectivity index (χ4n) is 2.33. The molecule has 0 saturated carbocycles. The van der Waals surface area contributed by atoms with Gasteiger partial charge < -0.3 is 5.32 Å². The standard InChI is InChI=1S/C14H19BrN2O3S/c1-10-3-4-11(9-13(10)15)14(18)16-12-5-7-17(8-6-12)21(2,19)20/h3-4,9,12H,5-8H2,1-2H3,(H,16,18). The lowest BCUT2D eigenvalue weighted by atomic mass is 10.1. The Hall–Kier alpha value is -0.920. The second-order valence-corrected chi connectivity index (χ2v) is 8.21. The highest BCUT2D eigenvalue weighted by molar-refractivity contribution is 9.10. The second kappa shape index (κ2) is 6.46. The van der Waals surface area contributed by atoms with E-state index in [1.807, 2.05) is 13.0 Å². The van der Waals surface area contributed by atoms with Crippen molar-refractivity contribution in [2.24, 2.45) is 0 Å². The van der Waals surface area contributed by atoms with E-state index in [1.165, 1.54) is 10.6 Å². The molecule has 21 heavy (non-hydrogen) atoms. The quantitative estimate of drug-likeness (QED) is 0.878. The van der Waals surface area contributed by atoms with Crippen LogP contribution in [0.5, 0.6) is 0 Å². The van der Waals surface area contributed by atoms with Gasteiger partial charge in [-0.15, -0.1) is 0 Å². The molecule has 2 rings (SSSR count). The van der Waals surface area contributed by atoms with Crippen molar-refractivity contribution in [3.8, 4) is 0 Å². The molecule has 1 amide bonds. The maximum absolute atomic E-state index is 12.2. The van der Waals surface area contributed by atoms with Gasteiger partial charge in [0, 0.05) is 29.2 Å². The van der Waals surface area contributed by atoms with Crippen molar-refractivity contribution in [1.82, 2.24) is 9.62 Å². The lowest BCUT2D eigenvalue weighted by Gasteiger charge is -2.30. The molecule has 1 aliphatic heterocycles. The number of carbonyl (C=O) groups excluding carboxylic acids is 1. The van der Waals surface area contributed by atoms with Gasteiger partial charge in [-0.1, -0.05) is 22.0 Å². The van der Waals surface area contributed by atoms with E-state index >= 15 is 0 Å². The van der Waals surface area contributed by atoms with Crippen molar-refractivity contribution in [3.63, 3.8) is 0 Å². The molecular weight excluding hydrogens is 356 g/mol. The zero-order valence-corrected chi connectivity index (χ0v) is 14.5. The van der Waals surface area contributed by atoms with Crippen molar-refractivity contribution in [2.45, 2.75) is 25.8 Å². The molecule has 1 aromatic carbocycles. The number of hydrogen-bond acceptors (Lipinski definition) is 3. The number of halogens is 1. The Kier molecular flexibility index (Phi) is 5.06. The van der Waals surface area contributed by atoms with E-state index in [2.05, 4.69) is 21.2 Å². The molecule has 116 valence electrons. The Morgan fingerprint density at radius 3 is 2.48 bits per heavy atom. The van der Waals surface area contributed by atoms with Gasteiger partial charge in [-0.3, -0.25) is 4.79 Å². The number of hydrogen-bond donors (Lipinski definition) is 1. The first-order valence-corrected chi connectivity index (χ1v) is 9.43. The highest BCUT2D eigenvalue weighted by atomic mass is 79.9. The average Bonchev–Trinajstić information content (AvgIpc) is 2.41. The summed E-state index contributed by atoms with van der Waals surface area (Å²) in [6.07, 6.45) is 2.51. The average molecular weight is 375 g/mol.